The summed E-state index contributed by atoms with van der Waals surface area (Å²) in [6, 6.07) is 2.30. The van der Waals surface area contributed by atoms with Crippen molar-refractivity contribution < 1.29 is 23.5 Å². The Kier molecular flexibility index (Phi) is 3.33. The first-order valence-corrected chi connectivity index (χ1v) is 6.76. The predicted molar refractivity (Wildman–Crippen MR) is 71.8 cm³/mol. The second kappa shape index (κ2) is 5.04. The van der Waals surface area contributed by atoms with Crippen LogP contribution in [0.25, 0.3) is 0 Å². The number of amides is 1. The third-order valence-corrected chi connectivity index (χ3v) is 3.92. The zero-order chi connectivity index (χ0) is 15.1. The minimum atomic E-state index is -0.772. The van der Waals surface area contributed by atoms with Gasteiger partial charge in [0.15, 0.2) is 5.78 Å². The highest BCUT2D eigenvalue weighted by atomic mass is 19.1. The van der Waals surface area contributed by atoms with E-state index in [1.54, 1.807) is 6.92 Å². The van der Waals surface area contributed by atoms with Gasteiger partial charge >= 0.3 is 0 Å². The molecular weight excluding hydrogens is 277 g/mol. The molecule has 1 aromatic carbocycles. The first kappa shape index (κ1) is 13.9. The Morgan fingerprint density at radius 2 is 2.19 bits per heavy atom. The highest BCUT2D eigenvalue weighted by molar-refractivity contribution is 6.52. The summed E-state index contributed by atoms with van der Waals surface area (Å²) in [6.07, 6.45) is 0.629. The SMILES string of the molecule is Cc1cc(F)cc2c1N(CC(=O)C1CCOC1)C(=O)C2=O. The van der Waals surface area contributed by atoms with Gasteiger partial charge in [0.1, 0.15) is 5.82 Å². The van der Waals surface area contributed by atoms with Crippen LogP contribution in [0, 0.1) is 18.7 Å². The Balaban J connectivity index is 1.92. The van der Waals surface area contributed by atoms with Crippen molar-refractivity contribution in [3.8, 4) is 0 Å². The summed E-state index contributed by atoms with van der Waals surface area (Å²) in [6.45, 7) is 2.33. The Bertz CT molecular complexity index is 649. The Morgan fingerprint density at radius 1 is 1.43 bits per heavy atom. The first-order valence-electron chi connectivity index (χ1n) is 6.76. The van der Waals surface area contributed by atoms with E-state index < -0.39 is 17.5 Å². The lowest BCUT2D eigenvalue weighted by Gasteiger charge is -2.19. The molecule has 0 spiro atoms. The van der Waals surface area contributed by atoms with Crippen LogP contribution in [0.5, 0.6) is 0 Å². The molecule has 0 saturated carbocycles. The number of hydrogen-bond acceptors (Lipinski definition) is 4. The van der Waals surface area contributed by atoms with Gasteiger partial charge in [0.2, 0.25) is 0 Å². The molecule has 1 unspecified atom stereocenters. The maximum atomic E-state index is 13.4. The molecule has 1 atom stereocenters. The summed E-state index contributed by atoms with van der Waals surface area (Å²) < 4.78 is 18.6. The lowest BCUT2D eigenvalue weighted by Crippen LogP contribution is -2.37. The smallest absolute Gasteiger partial charge is 0.299 e. The number of ether oxygens (including phenoxy) is 1. The van der Waals surface area contributed by atoms with E-state index in [0.29, 0.717) is 30.9 Å². The first-order chi connectivity index (χ1) is 9.99. The molecule has 2 heterocycles. The number of fused-ring (bicyclic) bond motifs is 1. The van der Waals surface area contributed by atoms with Crippen LogP contribution in [-0.4, -0.2) is 37.2 Å². The van der Waals surface area contributed by atoms with Crippen LogP contribution in [0.1, 0.15) is 22.3 Å². The normalized spacial score (nSPS) is 21.0. The summed E-state index contributed by atoms with van der Waals surface area (Å²) in [4.78, 5) is 37.3. The van der Waals surface area contributed by atoms with Crippen molar-refractivity contribution in [2.75, 3.05) is 24.7 Å². The average Bonchev–Trinajstić information content (AvgIpc) is 3.03. The van der Waals surface area contributed by atoms with Crippen molar-refractivity contribution in [3.05, 3.63) is 29.1 Å². The lowest BCUT2D eigenvalue weighted by molar-refractivity contribution is -0.123. The van der Waals surface area contributed by atoms with E-state index in [4.69, 9.17) is 4.74 Å². The molecule has 2 aliphatic heterocycles. The van der Waals surface area contributed by atoms with Gasteiger partial charge in [-0.3, -0.25) is 19.3 Å². The van der Waals surface area contributed by atoms with Gasteiger partial charge < -0.3 is 4.74 Å². The van der Waals surface area contributed by atoms with Gasteiger partial charge in [-0.25, -0.2) is 4.39 Å². The van der Waals surface area contributed by atoms with E-state index in [-0.39, 0.29) is 23.8 Å². The summed E-state index contributed by atoms with van der Waals surface area (Å²) in [7, 11) is 0. The van der Waals surface area contributed by atoms with Crippen LogP contribution in [0.3, 0.4) is 0 Å². The van der Waals surface area contributed by atoms with Crippen LogP contribution in [0.15, 0.2) is 12.1 Å². The lowest BCUT2D eigenvalue weighted by atomic mass is 10.0. The van der Waals surface area contributed by atoms with Gasteiger partial charge in [-0.1, -0.05) is 0 Å². The number of carbonyl (C=O) groups is 3. The van der Waals surface area contributed by atoms with Crippen molar-refractivity contribution in [2.45, 2.75) is 13.3 Å². The Labute approximate surface area is 120 Å². The number of hydrogen-bond donors (Lipinski definition) is 0. The molecule has 2 aliphatic rings. The van der Waals surface area contributed by atoms with Crippen LogP contribution in [0.2, 0.25) is 0 Å². The molecule has 1 saturated heterocycles. The number of nitrogens with zero attached hydrogens (tertiary/aromatic N) is 1. The molecule has 0 bridgehead atoms. The van der Waals surface area contributed by atoms with Gasteiger partial charge in [0.05, 0.1) is 24.4 Å². The van der Waals surface area contributed by atoms with Crippen LogP contribution >= 0.6 is 0 Å². The van der Waals surface area contributed by atoms with Crippen molar-refractivity contribution in [1.82, 2.24) is 0 Å². The van der Waals surface area contributed by atoms with Crippen LogP contribution < -0.4 is 4.90 Å². The average molecular weight is 291 g/mol. The summed E-state index contributed by atoms with van der Waals surface area (Å²) >= 11 is 0. The molecule has 21 heavy (non-hydrogen) atoms. The van der Waals surface area contributed by atoms with E-state index in [1.807, 2.05) is 0 Å². The molecule has 6 heteroatoms. The summed E-state index contributed by atoms with van der Waals surface area (Å²) in [5.74, 6) is -2.47. The van der Waals surface area contributed by atoms with Crippen molar-refractivity contribution in [3.63, 3.8) is 0 Å². The second-order valence-corrected chi connectivity index (χ2v) is 5.37. The minimum Gasteiger partial charge on any atom is -0.381 e. The third-order valence-electron chi connectivity index (χ3n) is 3.92. The molecule has 1 fully saturated rings. The summed E-state index contributed by atoms with van der Waals surface area (Å²) in [5.41, 5.74) is 0.853. The molecule has 1 aromatic rings. The summed E-state index contributed by atoms with van der Waals surface area (Å²) in [5, 5.41) is 0. The highest BCUT2D eigenvalue weighted by Crippen LogP contribution is 2.33. The molecule has 0 aliphatic carbocycles. The zero-order valence-corrected chi connectivity index (χ0v) is 11.5. The van der Waals surface area contributed by atoms with Gasteiger partial charge in [-0.05, 0) is 31.0 Å². The van der Waals surface area contributed by atoms with E-state index in [2.05, 4.69) is 0 Å². The maximum Gasteiger partial charge on any atom is 0.299 e. The number of anilines is 1. The number of benzene rings is 1. The number of carbonyl (C=O) groups excluding carboxylic acids is 3. The van der Waals surface area contributed by atoms with Gasteiger partial charge in [-0.15, -0.1) is 0 Å². The highest BCUT2D eigenvalue weighted by Gasteiger charge is 2.39. The largest absolute Gasteiger partial charge is 0.381 e. The second-order valence-electron chi connectivity index (χ2n) is 5.37. The van der Waals surface area contributed by atoms with Gasteiger partial charge in [0, 0.05) is 12.5 Å². The van der Waals surface area contributed by atoms with Crippen molar-refractivity contribution in [1.29, 1.82) is 0 Å². The fraction of sp³-hybridized carbons (Fsp3) is 0.400. The molecule has 3 rings (SSSR count). The topological polar surface area (TPSA) is 63.7 Å². The monoisotopic (exact) mass is 291 g/mol. The number of Topliss-reactive ketones (excluding diaryl/α,β-unsaturated/α-hetero) is 2. The molecule has 0 aromatic heterocycles. The predicted octanol–water partition coefficient (Wildman–Crippen LogP) is 1.27. The van der Waals surface area contributed by atoms with E-state index in [0.717, 1.165) is 11.0 Å². The fourth-order valence-corrected chi connectivity index (χ4v) is 2.83. The zero-order valence-electron chi connectivity index (χ0n) is 11.5. The fourth-order valence-electron chi connectivity index (χ4n) is 2.83. The standard InChI is InChI=1S/C15H14FNO4/c1-8-4-10(16)5-11-13(8)17(15(20)14(11)19)6-12(18)9-2-3-21-7-9/h4-5,9H,2-3,6-7H2,1H3. The van der Waals surface area contributed by atoms with E-state index >= 15 is 0 Å². The third kappa shape index (κ3) is 2.25. The van der Waals surface area contributed by atoms with Gasteiger partial charge in [0.25, 0.3) is 11.7 Å². The van der Waals surface area contributed by atoms with Crippen LogP contribution in [-0.2, 0) is 14.3 Å². The molecule has 5 nitrogen and oxygen atoms in total. The Hall–Kier alpha value is -2.08. The minimum absolute atomic E-state index is 0.0352. The molecular formula is C15H14FNO4. The maximum absolute atomic E-state index is 13.4. The number of aryl methyl sites for hydroxylation is 1. The Morgan fingerprint density at radius 3 is 2.86 bits per heavy atom. The number of ketones is 2. The molecule has 110 valence electrons. The van der Waals surface area contributed by atoms with Gasteiger partial charge in [-0.2, -0.15) is 0 Å². The van der Waals surface area contributed by atoms with E-state index in [1.165, 1.54) is 6.07 Å². The molecule has 0 N–H and O–H groups in total. The van der Waals surface area contributed by atoms with E-state index in [9.17, 15) is 18.8 Å². The van der Waals surface area contributed by atoms with Crippen molar-refractivity contribution >= 4 is 23.2 Å². The molecule has 0 radical (unpaired) electrons. The number of rotatable bonds is 3. The number of halogens is 1. The quantitative estimate of drug-likeness (QED) is 0.787. The molecule has 1 amide bonds. The van der Waals surface area contributed by atoms with Crippen molar-refractivity contribution in [2.24, 2.45) is 5.92 Å². The van der Waals surface area contributed by atoms with Crippen LogP contribution in [0.4, 0.5) is 10.1 Å².